The van der Waals surface area contributed by atoms with Crippen molar-refractivity contribution in [2.24, 2.45) is 5.73 Å². The highest BCUT2D eigenvalue weighted by atomic mass is 16.4. The Morgan fingerprint density at radius 2 is 1.69 bits per heavy atom. The van der Waals surface area contributed by atoms with Crippen molar-refractivity contribution in [2.75, 3.05) is 6.61 Å². The van der Waals surface area contributed by atoms with E-state index in [-0.39, 0.29) is 0 Å². The normalized spacial score (nSPS) is 20.5. The standard InChI is InChI=1S/C6H13NO6/c7-6(13)5(12)4(11)3(10)2(9)1-8/h2-4,6,8-11,13H,1,7H2/t2-,3+,4-,6?/m0/s1. The molecule has 78 valence electrons. The lowest BCUT2D eigenvalue weighted by Crippen LogP contribution is -2.49. The third kappa shape index (κ3) is 3.35. The van der Waals surface area contributed by atoms with E-state index in [0.29, 0.717) is 0 Å². The Morgan fingerprint density at radius 3 is 2.00 bits per heavy atom. The van der Waals surface area contributed by atoms with Gasteiger partial charge in [0, 0.05) is 0 Å². The second-order valence-electron chi connectivity index (χ2n) is 2.53. The molecule has 0 saturated heterocycles. The fourth-order valence-electron chi connectivity index (χ4n) is 0.662. The first-order valence-corrected chi connectivity index (χ1v) is 3.54. The molecule has 0 fully saturated rings. The highest BCUT2D eigenvalue weighted by Gasteiger charge is 2.32. The molecular formula is C6H13NO6. The van der Waals surface area contributed by atoms with Crippen molar-refractivity contribution < 1.29 is 30.3 Å². The second kappa shape index (κ2) is 5.22. The molecule has 0 aliphatic rings. The van der Waals surface area contributed by atoms with Gasteiger partial charge in [0.2, 0.25) is 5.78 Å². The first-order chi connectivity index (χ1) is 5.91. The Bertz CT molecular complexity index is 173. The van der Waals surface area contributed by atoms with Gasteiger partial charge in [0.15, 0.2) is 6.23 Å². The van der Waals surface area contributed by atoms with Gasteiger partial charge in [-0.3, -0.25) is 10.5 Å². The van der Waals surface area contributed by atoms with Crippen LogP contribution in [0.2, 0.25) is 0 Å². The lowest BCUT2D eigenvalue weighted by molar-refractivity contribution is -0.148. The fraction of sp³-hybridized carbons (Fsp3) is 0.833. The molecular weight excluding hydrogens is 182 g/mol. The van der Waals surface area contributed by atoms with Crippen molar-refractivity contribution in [3.8, 4) is 0 Å². The van der Waals surface area contributed by atoms with Crippen molar-refractivity contribution in [1.29, 1.82) is 0 Å². The zero-order valence-corrected chi connectivity index (χ0v) is 6.74. The number of Topliss-reactive ketones (excluding diaryl/α,β-unsaturated/α-hetero) is 1. The molecule has 4 atom stereocenters. The van der Waals surface area contributed by atoms with E-state index < -0.39 is 36.9 Å². The zero-order chi connectivity index (χ0) is 10.6. The van der Waals surface area contributed by atoms with Crippen LogP contribution in [0.4, 0.5) is 0 Å². The van der Waals surface area contributed by atoms with Crippen molar-refractivity contribution >= 4 is 5.78 Å². The molecule has 13 heavy (non-hydrogen) atoms. The third-order valence-corrected chi connectivity index (χ3v) is 1.49. The van der Waals surface area contributed by atoms with Gasteiger partial charge >= 0.3 is 0 Å². The van der Waals surface area contributed by atoms with Crippen molar-refractivity contribution in [3.63, 3.8) is 0 Å². The number of hydrogen-bond acceptors (Lipinski definition) is 7. The van der Waals surface area contributed by atoms with Crippen LogP contribution in [0.5, 0.6) is 0 Å². The maximum Gasteiger partial charge on any atom is 0.206 e. The molecule has 0 rings (SSSR count). The van der Waals surface area contributed by atoms with Crippen LogP contribution < -0.4 is 5.73 Å². The van der Waals surface area contributed by atoms with Gasteiger partial charge in [0.25, 0.3) is 0 Å². The van der Waals surface area contributed by atoms with Gasteiger partial charge in [-0.15, -0.1) is 0 Å². The number of carbonyl (C=O) groups is 1. The van der Waals surface area contributed by atoms with Crippen molar-refractivity contribution in [2.45, 2.75) is 24.5 Å². The Morgan fingerprint density at radius 1 is 1.23 bits per heavy atom. The lowest BCUT2D eigenvalue weighted by Gasteiger charge is -2.20. The van der Waals surface area contributed by atoms with Gasteiger partial charge in [0.1, 0.15) is 18.3 Å². The summed E-state index contributed by atoms with van der Waals surface area (Å²) in [7, 11) is 0. The summed E-state index contributed by atoms with van der Waals surface area (Å²) in [6.45, 7) is -0.813. The van der Waals surface area contributed by atoms with Crippen LogP contribution in [0.15, 0.2) is 0 Å². The van der Waals surface area contributed by atoms with E-state index in [9.17, 15) is 4.79 Å². The number of nitrogens with two attached hydrogens (primary N) is 1. The monoisotopic (exact) mass is 195 g/mol. The number of ketones is 1. The van der Waals surface area contributed by atoms with E-state index in [1.807, 2.05) is 0 Å². The molecule has 0 amide bonds. The smallest absolute Gasteiger partial charge is 0.206 e. The molecule has 0 aromatic carbocycles. The van der Waals surface area contributed by atoms with Gasteiger partial charge in [-0.1, -0.05) is 0 Å². The van der Waals surface area contributed by atoms with Crippen LogP contribution in [-0.2, 0) is 4.79 Å². The third-order valence-electron chi connectivity index (χ3n) is 1.49. The number of rotatable bonds is 5. The second-order valence-corrected chi connectivity index (χ2v) is 2.53. The molecule has 0 spiro atoms. The Labute approximate surface area is 74.0 Å². The Kier molecular flexibility index (Phi) is 4.99. The van der Waals surface area contributed by atoms with Gasteiger partial charge in [-0.25, -0.2) is 0 Å². The van der Waals surface area contributed by atoms with E-state index in [1.165, 1.54) is 0 Å². The van der Waals surface area contributed by atoms with Crippen LogP contribution in [-0.4, -0.2) is 62.5 Å². The van der Waals surface area contributed by atoms with Gasteiger partial charge in [0.05, 0.1) is 6.61 Å². The quantitative estimate of drug-likeness (QED) is 0.245. The number of carbonyl (C=O) groups excluding carboxylic acids is 1. The molecule has 0 bridgehead atoms. The molecule has 7 heteroatoms. The van der Waals surface area contributed by atoms with E-state index in [0.717, 1.165) is 0 Å². The summed E-state index contributed by atoms with van der Waals surface area (Å²) in [4.78, 5) is 10.7. The van der Waals surface area contributed by atoms with Gasteiger partial charge < -0.3 is 25.5 Å². The van der Waals surface area contributed by atoms with Crippen LogP contribution in [0.1, 0.15) is 0 Å². The molecule has 7 nitrogen and oxygen atoms in total. The zero-order valence-electron chi connectivity index (χ0n) is 6.74. The minimum atomic E-state index is -2.01. The molecule has 1 unspecified atom stereocenters. The van der Waals surface area contributed by atoms with Crippen molar-refractivity contribution in [3.05, 3.63) is 0 Å². The molecule has 0 aliphatic heterocycles. The van der Waals surface area contributed by atoms with E-state index in [2.05, 4.69) is 0 Å². The molecule has 0 aliphatic carbocycles. The van der Waals surface area contributed by atoms with Crippen LogP contribution in [0.25, 0.3) is 0 Å². The summed E-state index contributed by atoms with van der Waals surface area (Å²) in [6, 6.07) is 0. The maximum absolute atomic E-state index is 10.7. The van der Waals surface area contributed by atoms with Crippen molar-refractivity contribution in [1.82, 2.24) is 0 Å². The minimum Gasteiger partial charge on any atom is -0.394 e. The van der Waals surface area contributed by atoms with Gasteiger partial charge in [-0.2, -0.15) is 0 Å². The Hall–Kier alpha value is -0.570. The number of aliphatic hydroxyl groups is 5. The van der Waals surface area contributed by atoms with Crippen LogP contribution in [0, 0.1) is 0 Å². The first kappa shape index (κ1) is 12.4. The summed E-state index contributed by atoms with van der Waals surface area (Å²) in [6.07, 6.45) is -7.45. The van der Waals surface area contributed by atoms with E-state index >= 15 is 0 Å². The summed E-state index contributed by atoms with van der Waals surface area (Å²) in [5, 5.41) is 43.6. The first-order valence-electron chi connectivity index (χ1n) is 3.54. The summed E-state index contributed by atoms with van der Waals surface area (Å²) in [5.41, 5.74) is 4.71. The predicted molar refractivity (Wildman–Crippen MR) is 40.3 cm³/mol. The number of aliphatic hydroxyl groups excluding tert-OH is 5. The number of hydrogen-bond donors (Lipinski definition) is 6. The molecule has 0 heterocycles. The van der Waals surface area contributed by atoms with Crippen LogP contribution >= 0.6 is 0 Å². The lowest BCUT2D eigenvalue weighted by atomic mass is 10.0. The molecule has 7 N–H and O–H groups in total. The highest BCUT2D eigenvalue weighted by Crippen LogP contribution is 2.02. The predicted octanol–water partition coefficient (Wildman–Crippen LogP) is -4.09. The topological polar surface area (TPSA) is 144 Å². The van der Waals surface area contributed by atoms with E-state index in [4.69, 9.17) is 31.3 Å². The summed E-state index contributed by atoms with van der Waals surface area (Å²) >= 11 is 0. The van der Waals surface area contributed by atoms with Crippen LogP contribution in [0.3, 0.4) is 0 Å². The van der Waals surface area contributed by atoms with Gasteiger partial charge in [-0.05, 0) is 0 Å². The molecule has 0 aromatic rings. The fourth-order valence-corrected chi connectivity index (χ4v) is 0.662. The average molecular weight is 195 g/mol. The molecule has 0 saturated carbocycles. The molecule has 0 aromatic heterocycles. The summed E-state index contributed by atoms with van der Waals surface area (Å²) < 4.78 is 0. The van der Waals surface area contributed by atoms with E-state index in [1.54, 1.807) is 0 Å². The minimum absolute atomic E-state index is 0.813. The SMILES string of the molecule is NC(O)C(=O)[C@@H](O)[C@H](O)[C@@H](O)CO. The average Bonchev–Trinajstić information content (AvgIpc) is 2.12. The summed E-state index contributed by atoms with van der Waals surface area (Å²) in [5.74, 6) is -1.22. The molecule has 0 radical (unpaired) electrons. The largest absolute Gasteiger partial charge is 0.394 e. The maximum atomic E-state index is 10.7. The Balaban J connectivity index is 4.24. The highest BCUT2D eigenvalue weighted by molar-refractivity contribution is 5.86.